The van der Waals surface area contributed by atoms with E-state index in [4.69, 9.17) is 4.18 Å². The van der Waals surface area contributed by atoms with Gasteiger partial charge in [-0.3, -0.25) is 4.18 Å². The fourth-order valence-corrected chi connectivity index (χ4v) is 2.24. The lowest BCUT2D eigenvalue weighted by Crippen LogP contribution is -2.18. The molecule has 0 amide bonds. The summed E-state index contributed by atoms with van der Waals surface area (Å²) in [5, 5.41) is 9.49. The van der Waals surface area contributed by atoms with Crippen molar-refractivity contribution in [2.24, 2.45) is 0 Å². The number of aryl methyl sites for hydroxylation is 1. The van der Waals surface area contributed by atoms with E-state index in [9.17, 15) is 13.5 Å². The maximum Gasteiger partial charge on any atom is 0.297 e. The van der Waals surface area contributed by atoms with Crippen LogP contribution in [-0.2, 0) is 14.3 Å². The molecule has 100 valence electrons. The predicted octanol–water partition coefficient (Wildman–Crippen LogP) is 2.03. The topological polar surface area (TPSA) is 63.6 Å². The zero-order chi connectivity index (χ0) is 13.6. The molecular weight excluding hydrogens is 252 g/mol. The zero-order valence-electron chi connectivity index (χ0n) is 10.5. The maximum atomic E-state index is 11.8. The van der Waals surface area contributed by atoms with Gasteiger partial charge in [-0.05, 0) is 32.4 Å². The van der Waals surface area contributed by atoms with Gasteiger partial charge in [-0.25, -0.2) is 0 Å². The van der Waals surface area contributed by atoms with Gasteiger partial charge in [0, 0.05) is 0 Å². The molecule has 0 aliphatic heterocycles. The van der Waals surface area contributed by atoms with Crippen molar-refractivity contribution in [3.63, 3.8) is 0 Å². The third kappa shape index (κ3) is 4.60. The molecule has 4 nitrogen and oxygen atoms in total. The number of allylic oxidation sites excluding steroid dienone is 1. The van der Waals surface area contributed by atoms with Gasteiger partial charge in [0.15, 0.2) is 0 Å². The number of aliphatic hydroxyl groups is 1. The molecule has 0 saturated carbocycles. The summed E-state index contributed by atoms with van der Waals surface area (Å²) in [5.41, 5.74) is 0.974. The van der Waals surface area contributed by atoms with E-state index >= 15 is 0 Å². The minimum atomic E-state index is -3.78. The van der Waals surface area contributed by atoms with E-state index in [0.29, 0.717) is 6.42 Å². The Morgan fingerprint density at radius 2 is 1.94 bits per heavy atom. The van der Waals surface area contributed by atoms with Gasteiger partial charge >= 0.3 is 0 Å². The monoisotopic (exact) mass is 270 g/mol. The van der Waals surface area contributed by atoms with Crippen LogP contribution < -0.4 is 0 Å². The molecule has 1 N–H and O–H groups in total. The summed E-state index contributed by atoms with van der Waals surface area (Å²) in [7, 11) is -3.78. The van der Waals surface area contributed by atoms with E-state index in [0.717, 1.165) is 5.56 Å². The molecule has 0 radical (unpaired) electrons. The lowest BCUT2D eigenvalue weighted by Gasteiger charge is -2.09. The van der Waals surface area contributed by atoms with Crippen LogP contribution in [0.3, 0.4) is 0 Å². The average Bonchev–Trinajstić information content (AvgIpc) is 2.34. The molecule has 5 heteroatoms. The Labute approximate surface area is 108 Å². The Balaban J connectivity index is 2.62. The van der Waals surface area contributed by atoms with Crippen LogP contribution in [0.25, 0.3) is 0 Å². The van der Waals surface area contributed by atoms with Crippen molar-refractivity contribution in [3.05, 3.63) is 42.0 Å². The number of aliphatic hydroxyl groups excluding tert-OH is 1. The average molecular weight is 270 g/mol. The molecule has 0 saturated heterocycles. The van der Waals surface area contributed by atoms with E-state index < -0.39 is 16.2 Å². The predicted molar refractivity (Wildman–Crippen MR) is 69.8 cm³/mol. The third-order valence-electron chi connectivity index (χ3n) is 2.37. The van der Waals surface area contributed by atoms with Crippen molar-refractivity contribution < 1.29 is 17.7 Å². The molecule has 0 spiro atoms. The highest BCUT2D eigenvalue weighted by Gasteiger charge is 2.16. The molecular formula is C13H18O4S. The van der Waals surface area contributed by atoms with Gasteiger partial charge in [-0.15, -0.1) is 0 Å². The molecule has 1 atom stereocenters. The molecule has 0 bridgehead atoms. The number of hydrogen-bond acceptors (Lipinski definition) is 4. The van der Waals surface area contributed by atoms with Crippen molar-refractivity contribution in [2.75, 3.05) is 6.61 Å². The first kappa shape index (κ1) is 14.9. The molecule has 0 aromatic heterocycles. The van der Waals surface area contributed by atoms with Gasteiger partial charge in [0.1, 0.15) is 0 Å². The zero-order valence-corrected chi connectivity index (χ0v) is 11.4. The summed E-state index contributed by atoms with van der Waals surface area (Å²) >= 11 is 0. The lowest BCUT2D eigenvalue weighted by atomic mass is 10.2. The Hall–Kier alpha value is -1.17. The SMILES string of the molecule is C/C=C\C[C@@H](O)COS(=O)(=O)c1ccc(C)cc1. The fourth-order valence-electron chi connectivity index (χ4n) is 1.30. The first-order valence-corrected chi connectivity index (χ1v) is 7.12. The smallest absolute Gasteiger partial charge is 0.297 e. The second-order valence-corrected chi connectivity index (χ2v) is 5.63. The maximum absolute atomic E-state index is 11.8. The normalized spacial score (nSPS) is 13.9. The second-order valence-electron chi connectivity index (χ2n) is 4.01. The van der Waals surface area contributed by atoms with E-state index in [2.05, 4.69) is 0 Å². The highest BCUT2D eigenvalue weighted by molar-refractivity contribution is 7.86. The van der Waals surface area contributed by atoms with Gasteiger partial charge in [0.25, 0.3) is 10.1 Å². The first-order chi connectivity index (χ1) is 8.45. The molecule has 0 aliphatic rings. The van der Waals surface area contributed by atoms with Crippen LogP contribution in [0.5, 0.6) is 0 Å². The van der Waals surface area contributed by atoms with Crippen LogP contribution in [0.4, 0.5) is 0 Å². The first-order valence-electron chi connectivity index (χ1n) is 5.71. The highest BCUT2D eigenvalue weighted by Crippen LogP contribution is 2.13. The third-order valence-corrected chi connectivity index (χ3v) is 3.66. The van der Waals surface area contributed by atoms with Crippen LogP contribution in [0, 0.1) is 6.92 Å². The Bertz CT molecular complexity index is 488. The molecule has 0 fully saturated rings. The van der Waals surface area contributed by atoms with Crippen molar-refractivity contribution in [1.29, 1.82) is 0 Å². The number of benzene rings is 1. The Kier molecular flexibility index (Phi) is 5.53. The van der Waals surface area contributed by atoms with Gasteiger partial charge in [0.05, 0.1) is 17.6 Å². The van der Waals surface area contributed by atoms with Crippen molar-refractivity contribution in [3.8, 4) is 0 Å². The molecule has 1 aromatic rings. The summed E-state index contributed by atoms with van der Waals surface area (Å²) < 4.78 is 28.3. The quantitative estimate of drug-likeness (QED) is 0.634. The van der Waals surface area contributed by atoms with E-state index in [-0.39, 0.29) is 11.5 Å². The molecule has 18 heavy (non-hydrogen) atoms. The van der Waals surface area contributed by atoms with E-state index in [1.54, 1.807) is 24.3 Å². The van der Waals surface area contributed by atoms with Crippen LogP contribution >= 0.6 is 0 Å². The molecule has 0 unspecified atom stereocenters. The summed E-state index contributed by atoms with van der Waals surface area (Å²) in [5.74, 6) is 0. The fraction of sp³-hybridized carbons (Fsp3) is 0.385. The Morgan fingerprint density at radius 3 is 2.50 bits per heavy atom. The molecule has 0 heterocycles. The van der Waals surface area contributed by atoms with Crippen molar-refractivity contribution in [1.82, 2.24) is 0 Å². The van der Waals surface area contributed by atoms with Gasteiger partial charge in [-0.2, -0.15) is 8.42 Å². The van der Waals surface area contributed by atoms with Crippen molar-refractivity contribution in [2.45, 2.75) is 31.3 Å². The summed E-state index contributed by atoms with van der Waals surface area (Å²) in [6.45, 7) is 3.47. The minimum absolute atomic E-state index is 0.103. The van der Waals surface area contributed by atoms with Gasteiger partial charge < -0.3 is 5.11 Å². The minimum Gasteiger partial charge on any atom is -0.390 e. The summed E-state index contributed by atoms with van der Waals surface area (Å²) in [6, 6.07) is 6.38. The summed E-state index contributed by atoms with van der Waals surface area (Å²) in [6.07, 6.45) is 3.10. The van der Waals surface area contributed by atoms with Crippen LogP contribution in [0.15, 0.2) is 41.3 Å². The van der Waals surface area contributed by atoms with Gasteiger partial charge in [0.2, 0.25) is 0 Å². The second kappa shape index (κ2) is 6.68. The van der Waals surface area contributed by atoms with Crippen LogP contribution in [0.2, 0.25) is 0 Å². The van der Waals surface area contributed by atoms with E-state index in [1.165, 1.54) is 12.1 Å². The van der Waals surface area contributed by atoms with Crippen LogP contribution in [-0.4, -0.2) is 26.2 Å². The van der Waals surface area contributed by atoms with Crippen molar-refractivity contribution >= 4 is 10.1 Å². The highest BCUT2D eigenvalue weighted by atomic mass is 32.2. The molecule has 1 rings (SSSR count). The number of rotatable bonds is 6. The molecule has 0 aliphatic carbocycles. The van der Waals surface area contributed by atoms with E-state index in [1.807, 2.05) is 13.8 Å². The van der Waals surface area contributed by atoms with Crippen LogP contribution in [0.1, 0.15) is 18.9 Å². The lowest BCUT2D eigenvalue weighted by molar-refractivity contribution is 0.113. The van der Waals surface area contributed by atoms with Gasteiger partial charge in [-0.1, -0.05) is 29.8 Å². The Morgan fingerprint density at radius 1 is 1.33 bits per heavy atom. The standard InChI is InChI=1S/C13H18O4S/c1-3-4-5-12(14)10-17-18(15,16)13-8-6-11(2)7-9-13/h3-4,6-9,12,14H,5,10H2,1-2H3/b4-3-/t12-/m1/s1. The largest absolute Gasteiger partial charge is 0.390 e. The molecule has 1 aromatic carbocycles. The number of hydrogen-bond donors (Lipinski definition) is 1. The summed E-state index contributed by atoms with van der Waals surface area (Å²) in [4.78, 5) is 0.103.